The van der Waals surface area contributed by atoms with Crippen molar-refractivity contribution in [2.45, 2.75) is 19.4 Å². The molecule has 1 aromatic carbocycles. The van der Waals surface area contributed by atoms with Crippen molar-refractivity contribution in [3.05, 3.63) is 58.5 Å². The predicted octanol–water partition coefficient (Wildman–Crippen LogP) is 3.74. The van der Waals surface area contributed by atoms with E-state index in [0.717, 1.165) is 12.0 Å². The Morgan fingerprint density at radius 3 is 2.47 bits per heavy atom. The highest BCUT2D eigenvalue weighted by Crippen LogP contribution is 2.26. The molecule has 2 nitrogen and oxygen atoms in total. The molecule has 1 unspecified atom stereocenters. The highest BCUT2D eigenvalue weighted by atomic mass is 35.5. The molecule has 1 N–H and O–H groups in total. The summed E-state index contributed by atoms with van der Waals surface area (Å²) in [7, 11) is 1.93. The van der Waals surface area contributed by atoms with E-state index in [4.69, 9.17) is 16.0 Å². The smallest absolute Gasteiger partial charge is 0.197 e. The van der Waals surface area contributed by atoms with Gasteiger partial charge in [-0.25, -0.2) is 0 Å². The molecule has 0 spiro atoms. The molecular weight excluding hydrogens is 234 g/mol. The number of rotatable bonds is 4. The highest BCUT2D eigenvalue weighted by Gasteiger charge is 2.15. The number of furan rings is 1. The molecule has 2 rings (SSSR count). The Hall–Kier alpha value is -1.25. The van der Waals surface area contributed by atoms with Crippen molar-refractivity contribution >= 4 is 11.6 Å². The van der Waals surface area contributed by atoms with Crippen LogP contribution in [0.25, 0.3) is 0 Å². The van der Waals surface area contributed by atoms with Gasteiger partial charge in [-0.3, -0.25) is 0 Å². The maximum absolute atomic E-state index is 6.00. The summed E-state index contributed by atoms with van der Waals surface area (Å²) < 4.78 is 5.13. The van der Waals surface area contributed by atoms with Gasteiger partial charge in [-0.2, -0.15) is 0 Å². The maximum Gasteiger partial charge on any atom is 0.197 e. The Balaban J connectivity index is 2.16. The van der Waals surface area contributed by atoms with Gasteiger partial charge in [-0.15, -0.1) is 0 Å². The van der Waals surface area contributed by atoms with Crippen LogP contribution < -0.4 is 5.32 Å². The summed E-state index contributed by atoms with van der Waals surface area (Å²) in [5, 5.41) is 3.73. The molecule has 0 radical (unpaired) electrons. The van der Waals surface area contributed by atoms with Crippen LogP contribution >= 0.6 is 11.6 Å². The lowest BCUT2D eigenvalue weighted by atomic mass is 10.0. The lowest BCUT2D eigenvalue weighted by Gasteiger charge is -2.15. The van der Waals surface area contributed by atoms with Crippen molar-refractivity contribution in [1.82, 2.24) is 5.32 Å². The van der Waals surface area contributed by atoms with Crippen LogP contribution in [0.1, 0.15) is 22.7 Å². The molecule has 0 aliphatic rings. The number of benzene rings is 1. The molecule has 17 heavy (non-hydrogen) atoms. The molecule has 2 aromatic rings. The summed E-state index contributed by atoms with van der Waals surface area (Å²) in [5.41, 5.74) is 3.57. The normalized spacial score (nSPS) is 12.6. The van der Waals surface area contributed by atoms with Gasteiger partial charge >= 0.3 is 0 Å². The summed E-state index contributed by atoms with van der Waals surface area (Å²) >= 11 is 6.00. The number of hydrogen-bond donors (Lipinski definition) is 1. The number of aryl methyl sites for hydroxylation is 1. The van der Waals surface area contributed by atoms with E-state index in [0.29, 0.717) is 5.22 Å². The number of hydrogen-bond acceptors (Lipinski definition) is 2. The average Bonchev–Trinajstić information content (AvgIpc) is 2.75. The van der Waals surface area contributed by atoms with Gasteiger partial charge in [0.25, 0.3) is 0 Å². The largest absolute Gasteiger partial charge is 0.453 e. The van der Waals surface area contributed by atoms with Crippen molar-refractivity contribution in [2.24, 2.45) is 0 Å². The molecule has 90 valence electrons. The summed E-state index contributed by atoms with van der Waals surface area (Å²) in [6, 6.07) is 10.6. The number of nitrogens with one attached hydrogen (secondary N) is 1. The van der Waals surface area contributed by atoms with Gasteiger partial charge < -0.3 is 9.73 Å². The molecule has 1 heterocycles. The summed E-state index contributed by atoms with van der Waals surface area (Å²) in [6.07, 6.45) is 2.52. The molecule has 1 aromatic heterocycles. The van der Waals surface area contributed by atoms with E-state index in [2.05, 4.69) is 36.5 Å². The van der Waals surface area contributed by atoms with E-state index >= 15 is 0 Å². The second kappa shape index (κ2) is 5.39. The van der Waals surface area contributed by atoms with Gasteiger partial charge in [-0.05, 0) is 43.6 Å². The molecule has 0 fully saturated rings. The topological polar surface area (TPSA) is 25.2 Å². The van der Waals surface area contributed by atoms with Gasteiger partial charge in [0.05, 0.1) is 6.26 Å². The maximum atomic E-state index is 6.00. The van der Waals surface area contributed by atoms with Crippen molar-refractivity contribution < 1.29 is 4.42 Å². The zero-order valence-corrected chi connectivity index (χ0v) is 10.8. The van der Waals surface area contributed by atoms with Crippen LogP contribution in [0.15, 0.2) is 41.0 Å². The minimum Gasteiger partial charge on any atom is -0.453 e. The fourth-order valence-electron chi connectivity index (χ4n) is 1.88. The molecule has 0 saturated carbocycles. The second-order valence-corrected chi connectivity index (χ2v) is 4.52. The number of likely N-dealkylation sites (N-methyl/N-ethyl adjacent to an activating group) is 1. The Labute approximate surface area is 107 Å². The van der Waals surface area contributed by atoms with E-state index < -0.39 is 0 Å². The molecule has 0 aliphatic heterocycles. The first-order chi connectivity index (χ1) is 8.20. The zero-order valence-electron chi connectivity index (χ0n) is 10.0. The van der Waals surface area contributed by atoms with Crippen LogP contribution in [0.2, 0.25) is 5.22 Å². The van der Waals surface area contributed by atoms with Crippen molar-refractivity contribution in [1.29, 1.82) is 0 Å². The van der Waals surface area contributed by atoms with Gasteiger partial charge in [0.2, 0.25) is 0 Å². The lowest BCUT2D eigenvalue weighted by molar-refractivity contribution is 0.544. The van der Waals surface area contributed by atoms with Crippen LogP contribution in [0.5, 0.6) is 0 Å². The van der Waals surface area contributed by atoms with Crippen LogP contribution in [0, 0.1) is 6.92 Å². The Morgan fingerprint density at radius 1 is 1.24 bits per heavy atom. The second-order valence-electron chi connectivity index (χ2n) is 4.18. The fraction of sp³-hybridized carbons (Fsp3) is 0.286. The molecule has 0 amide bonds. The predicted molar refractivity (Wildman–Crippen MR) is 70.4 cm³/mol. The van der Waals surface area contributed by atoms with E-state index in [1.807, 2.05) is 13.1 Å². The Bertz CT molecular complexity index is 475. The SMILES string of the molecule is CNC(Cc1ccc(C)cc1)c1ccoc1Cl. The Morgan fingerprint density at radius 2 is 1.94 bits per heavy atom. The summed E-state index contributed by atoms with van der Waals surface area (Å²) in [6.45, 7) is 2.09. The first-order valence-electron chi connectivity index (χ1n) is 5.66. The van der Waals surface area contributed by atoms with Gasteiger partial charge in [-0.1, -0.05) is 29.8 Å². The molecule has 0 bridgehead atoms. The third-order valence-corrected chi connectivity index (χ3v) is 3.24. The van der Waals surface area contributed by atoms with Crippen LogP contribution in [0.3, 0.4) is 0 Å². The first-order valence-corrected chi connectivity index (χ1v) is 6.04. The molecule has 0 saturated heterocycles. The third-order valence-electron chi connectivity index (χ3n) is 2.93. The van der Waals surface area contributed by atoms with Crippen LogP contribution in [0.4, 0.5) is 0 Å². The Kier molecular flexibility index (Phi) is 3.87. The van der Waals surface area contributed by atoms with Crippen molar-refractivity contribution in [3.8, 4) is 0 Å². The fourth-order valence-corrected chi connectivity index (χ4v) is 2.13. The summed E-state index contributed by atoms with van der Waals surface area (Å²) in [4.78, 5) is 0. The quantitative estimate of drug-likeness (QED) is 0.893. The van der Waals surface area contributed by atoms with Crippen molar-refractivity contribution in [3.63, 3.8) is 0 Å². The van der Waals surface area contributed by atoms with Crippen LogP contribution in [-0.4, -0.2) is 7.05 Å². The van der Waals surface area contributed by atoms with Crippen molar-refractivity contribution in [2.75, 3.05) is 7.05 Å². The molecule has 1 atom stereocenters. The van der Waals surface area contributed by atoms with E-state index in [-0.39, 0.29) is 6.04 Å². The standard InChI is InChI=1S/C14H16ClNO/c1-10-3-5-11(6-4-10)9-13(16-2)12-7-8-17-14(12)15/h3-8,13,16H,9H2,1-2H3. The molecule has 0 aliphatic carbocycles. The monoisotopic (exact) mass is 249 g/mol. The molecular formula is C14H16ClNO. The lowest BCUT2D eigenvalue weighted by Crippen LogP contribution is -2.18. The average molecular weight is 250 g/mol. The first kappa shape index (κ1) is 12.2. The summed E-state index contributed by atoms with van der Waals surface area (Å²) in [5.74, 6) is 0. The minimum absolute atomic E-state index is 0.184. The van der Waals surface area contributed by atoms with E-state index in [1.54, 1.807) is 6.26 Å². The van der Waals surface area contributed by atoms with Gasteiger partial charge in [0.15, 0.2) is 5.22 Å². The van der Waals surface area contributed by atoms with Gasteiger partial charge in [0, 0.05) is 11.6 Å². The van der Waals surface area contributed by atoms with E-state index in [9.17, 15) is 0 Å². The number of halogens is 1. The van der Waals surface area contributed by atoms with Crippen LogP contribution in [-0.2, 0) is 6.42 Å². The minimum atomic E-state index is 0.184. The zero-order chi connectivity index (χ0) is 12.3. The van der Waals surface area contributed by atoms with E-state index in [1.165, 1.54) is 11.1 Å². The van der Waals surface area contributed by atoms with Gasteiger partial charge in [0.1, 0.15) is 0 Å². The third kappa shape index (κ3) is 2.90. The molecule has 3 heteroatoms. The highest BCUT2D eigenvalue weighted by molar-refractivity contribution is 6.29.